The van der Waals surface area contributed by atoms with Crippen molar-refractivity contribution in [3.63, 3.8) is 0 Å². The number of nitrogens with zero attached hydrogens (tertiary/aromatic N) is 4. The maximum atomic E-state index is 12.6. The largest absolute Gasteiger partial charge is 0.365 e. The average molecular weight is 418 g/mol. The molecular weight excluding hydrogens is 390 g/mol. The Hall–Kier alpha value is -3.42. The second kappa shape index (κ2) is 8.75. The standard InChI is InChI=1S/C23H27N7O/c31-22(8-4-2-6-18-13-24-15-26-18)30-10-9-20-17(14-30)12-25-23(28-20)29-21-11-16-5-1-3-7-19(16)27-21/h1,3,5,7,12-13,15,21,27H,2,4,6,8-11,14H2,(H,24,26)(H,25,28,29). The van der Waals surface area contributed by atoms with E-state index in [1.165, 1.54) is 5.56 Å². The zero-order valence-corrected chi connectivity index (χ0v) is 17.5. The van der Waals surface area contributed by atoms with Gasteiger partial charge in [0.05, 0.1) is 12.0 Å². The predicted octanol–water partition coefficient (Wildman–Crippen LogP) is 2.90. The monoisotopic (exact) mass is 417 g/mol. The number of benzene rings is 1. The fourth-order valence-corrected chi connectivity index (χ4v) is 4.31. The van der Waals surface area contributed by atoms with Gasteiger partial charge >= 0.3 is 0 Å². The first kappa shape index (κ1) is 19.5. The van der Waals surface area contributed by atoms with Gasteiger partial charge in [0.1, 0.15) is 6.17 Å². The number of carbonyl (C=O) groups excluding carboxylic acids is 1. The van der Waals surface area contributed by atoms with Crippen molar-refractivity contribution in [1.82, 2.24) is 24.8 Å². The molecule has 0 bridgehead atoms. The molecule has 4 heterocycles. The molecule has 2 aromatic heterocycles. The van der Waals surface area contributed by atoms with E-state index in [-0.39, 0.29) is 12.1 Å². The van der Waals surface area contributed by atoms with Gasteiger partial charge in [-0.05, 0) is 30.9 Å². The molecule has 8 nitrogen and oxygen atoms in total. The topological polar surface area (TPSA) is 98.8 Å². The van der Waals surface area contributed by atoms with Crippen LogP contribution in [-0.2, 0) is 30.6 Å². The summed E-state index contributed by atoms with van der Waals surface area (Å²) in [7, 11) is 0. The Morgan fingerprint density at radius 1 is 1.19 bits per heavy atom. The van der Waals surface area contributed by atoms with E-state index >= 15 is 0 Å². The third-order valence-corrected chi connectivity index (χ3v) is 6.00. The van der Waals surface area contributed by atoms with Gasteiger partial charge in [0.25, 0.3) is 0 Å². The minimum absolute atomic E-state index is 0.0962. The lowest BCUT2D eigenvalue weighted by molar-refractivity contribution is -0.132. The Bertz CT molecular complexity index is 1020. The highest BCUT2D eigenvalue weighted by molar-refractivity contribution is 5.76. The molecule has 0 aliphatic carbocycles. The number of aryl methyl sites for hydroxylation is 1. The van der Waals surface area contributed by atoms with Gasteiger partial charge in [0.15, 0.2) is 0 Å². The molecule has 1 unspecified atom stereocenters. The highest BCUT2D eigenvalue weighted by Crippen LogP contribution is 2.26. The number of H-pyrrole nitrogens is 1. The van der Waals surface area contributed by atoms with Crippen LogP contribution in [0.2, 0.25) is 0 Å². The van der Waals surface area contributed by atoms with Crippen molar-refractivity contribution in [2.45, 2.75) is 51.2 Å². The first-order valence-electron chi connectivity index (χ1n) is 11.0. The van der Waals surface area contributed by atoms with Gasteiger partial charge in [-0.15, -0.1) is 0 Å². The van der Waals surface area contributed by atoms with Crippen molar-refractivity contribution < 1.29 is 4.79 Å². The third kappa shape index (κ3) is 4.52. The third-order valence-electron chi connectivity index (χ3n) is 6.00. The van der Waals surface area contributed by atoms with Gasteiger partial charge in [-0.25, -0.2) is 15.0 Å². The molecule has 31 heavy (non-hydrogen) atoms. The Kier molecular flexibility index (Phi) is 5.52. The molecule has 1 amide bonds. The SMILES string of the molecule is O=C(CCCCc1cnc[nH]1)N1CCc2nc(NC3Cc4ccccc4N3)ncc2C1. The molecule has 2 aliphatic heterocycles. The fourth-order valence-electron chi connectivity index (χ4n) is 4.31. The molecule has 0 radical (unpaired) electrons. The molecule has 1 atom stereocenters. The van der Waals surface area contributed by atoms with Crippen LogP contribution in [0.25, 0.3) is 0 Å². The number of carbonyl (C=O) groups is 1. The molecule has 0 saturated heterocycles. The minimum atomic E-state index is 0.0962. The molecule has 0 fully saturated rings. The fraction of sp³-hybridized carbons (Fsp3) is 0.391. The normalized spacial score (nSPS) is 17.0. The summed E-state index contributed by atoms with van der Waals surface area (Å²) in [5.74, 6) is 0.855. The van der Waals surface area contributed by atoms with Crippen molar-refractivity contribution in [2.75, 3.05) is 17.2 Å². The molecular formula is C23H27N7O. The number of imidazole rings is 1. The Balaban J connectivity index is 1.12. The van der Waals surface area contributed by atoms with Gasteiger partial charge in [-0.2, -0.15) is 0 Å². The van der Waals surface area contributed by atoms with Crippen molar-refractivity contribution in [3.05, 3.63) is 65.5 Å². The van der Waals surface area contributed by atoms with Gasteiger partial charge in [0, 0.05) is 61.7 Å². The lowest BCUT2D eigenvalue weighted by Gasteiger charge is -2.28. The van der Waals surface area contributed by atoms with Crippen LogP contribution < -0.4 is 10.6 Å². The van der Waals surface area contributed by atoms with E-state index in [1.807, 2.05) is 23.4 Å². The van der Waals surface area contributed by atoms with Crippen LogP contribution in [0.5, 0.6) is 0 Å². The number of aromatic amines is 1. The number of hydrogen-bond acceptors (Lipinski definition) is 6. The van der Waals surface area contributed by atoms with Crippen LogP contribution in [0.15, 0.2) is 43.0 Å². The Morgan fingerprint density at radius 3 is 3.00 bits per heavy atom. The summed E-state index contributed by atoms with van der Waals surface area (Å²) in [5.41, 5.74) is 5.67. The molecule has 5 rings (SSSR count). The summed E-state index contributed by atoms with van der Waals surface area (Å²) < 4.78 is 0. The molecule has 0 spiro atoms. The highest BCUT2D eigenvalue weighted by Gasteiger charge is 2.24. The minimum Gasteiger partial charge on any atom is -0.365 e. The molecule has 3 N–H and O–H groups in total. The van der Waals surface area contributed by atoms with Crippen LogP contribution in [0.1, 0.15) is 41.8 Å². The van der Waals surface area contributed by atoms with Crippen LogP contribution in [0, 0.1) is 0 Å². The smallest absolute Gasteiger partial charge is 0.224 e. The molecule has 160 valence electrons. The van der Waals surface area contributed by atoms with Crippen LogP contribution in [-0.4, -0.2) is 43.5 Å². The van der Waals surface area contributed by atoms with Crippen molar-refractivity contribution in [2.24, 2.45) is 0 Å². The van der Waals surface area contributed by atoms with Crippen molar-refractivity contribution in [3.8, 4) is 0 Å². The average Bonchev–Trinajstić information content (AvgIpc) is 3.45. The number of para-hydroxylation sites is 1. The number of unbranched alkanes of at least 4 members (excludes halogenated alkanes) is 1. The molecule has 8 heteroatoms. The maximum absolute atomic E-state index is 12.6. The van der Waals surface area contributed by atoms with E-state index in [4.69, 9.17) is 4.98 Å². The van der Waals surface area contributed by atoms with E-state index in [9.17, 15) is 4.79 Å². The van der Waals surface area contributed by atoms with Crippen LogP contribution >= 0.6 is 0 Å². The van der Waals surface area contributed by atoms with Crippen molar-refractivity contribution >= 4 is 17.5 Å². The molecule has 0 saturated carbocycles. The summed E-state index contributed by atoms with van der Waals surface area (Å²) in [6.07, 6.45) is 10.5. The second-order valence-electron chi connectivity index (χ2n) is 8.22. The lowest BCUT2D eigenvalue weighted by Crippen LogP contribution is -2.36. The van der Waals surface area contributed by atoms with E-state index in [0.29, 0.717) is 18.9 Å². The first-order valence-corrected chi connectivity index (χ1v) is 11.0. The van der Waals surface area contributed by atoms with E-state index < -0.39 is 0 Å². The number of anilines is 2. The van der Waals surface area contributed by atoms with Gasteiger partial charge in [-0.1, -0.05) is 18.2 Å². The van der Waals surface area contributed by atoms with E-state index in [2.05, 4.69) is 43.8 Å². The summed E-state index contributed by atoms with van der Waals surface area (Å²) >= 11 is 0. The number of nitrogens with one attached hydrogen (secondary N) is 3. The number of fused-ring (bicyclic) bond motifs is 2. The van der Waals surface area contributed by atoms with Gasteiger partial charge in [0.2, 0.25) is 11.9 Å². The summed E-state index contributed by atoms with van der Waals surface area (Å²) in [4.78, 5) is 30.9. The zero-order valence-electron chi connectivity index (χ0n) is 17.5. The lowest BCUT2D eigenvalue weighted by atomic mass is 10.1. The van der Waals surface area contributed by atoms with Gasteiger partial charge in [-0.3, -0.25) is 4.79 Å². The zero-order chi connectivity index (χ0) is 21.0. The predicted molar refractivity (Wildman–Crippen MR) is 118 cm³/mol. The summed E-state index contributed by atoms with van der Waals surface area (Å²) in [5, 5.41) is 6.87. The number of amides is 1. The summed E-state index contributed by atoms with van der Waals surface area (Å²) in [6, 6.07) is 8.33. The van der Waals surface area contributed by atoms with E-state index in [1.54, 1.807) is 6.33 Å². The molecule has 2 aliphatic rings. The Morgan fingerprint density at radius 2 is 2.13 bits per heavy atom. The highest BCUT2D eigenvalue weighted by atomic mass is 16.2. The quantitative estimate of drug-likeness (QED) is 0.511. The van der Waals surface area contributed by atoms with Crippen LogP contribution in [0.3, 0.4) is 0 Å². The molecule has 3 aromatic rings. The van der Waals surface area contributed by atoms with E-state index in [0.717, 1.165) is 61.3 Å². The molecule has 1 aromatic carbocycles. The Labute approximate surface area is 181 Å². The van der Waals surface area contributed by atoms with Crippen molar-refractivity contribution in [1.29, 1.82) is 0 Å². The first-order chi connectivity index (χ1) is 15.2. The van der Waals surface area contributed by atoms with Gasteiger partial charge < -0.3 is 20.5 Å². The second-order valence-corrected chi connectivity index (χ2v) is 8.22. The number of hydrogen-bond donors (Lipinski definition) is 3. The number of rotatable bonds is 7. The van der Waals surface area contributed by atoms with Crippen LogP contribution in [0.4, 0.5) is 11.6 Å². The summed E-state index contributed by atoms with van der Waals surface area (Å²) in [6.45, 7) is 1.32. The number of aromatic nitrogens is 4. The maximum Gasteiger partial charge on any atom is 0.224 e.